The van der Waals surface area contributed by atoms with Crippen LogP contribution >= 0.6 is 11.3 Å². The van der Waals surface area contributed by atoms with E-state index >= 15 is 9.59 Å². The molecule has 2 fully saturated rings. The van der Waals surface area contributed by atoms with Crippen LogP contribution in [0.3, 0.4) is 0 Å². The third-order valence-corrected chi connectivity index (χ3v) is 11.5. The molecule has 0 aliphatic carbocycles. The number of carbonyl (C=O) groups excluding carboxylic acids is 3. The van der Waals surface area contributed by atoms with E-state index in [2.05, 4.69) is 15.6 Å². The smallest absolute Gasteiger partial charge is 0.324 e. The number of esters is 1. The van der Waals surface area contributed by atoms with E-state index in [1.807, 2.05) is 132 Å². The van der Waals surface area contributed by atoms with Crippen LogP contribution in [0.25, 0.3) is 10.2 Å². The summed E-state index contributed by atoms with van der Waals surface area (Å²) in [6.45, 7) is -0.118. The molecule has 4 heterocycles. The van der Waals surface area contributed by atoms with Gasteiger partial charge in [-0.1, -0.05) is 114 Å². The topological polar surface area (TPSA) is 130 Å². The zero-order valence-corrected chi connectivity index (χ0v) is 29.1. The molecule has 3 aliphatic rings. The quantitative estimate of drug-likeness (QED) is 0.150. The van der Waals surface area contributed by atoms with Crippen LogP contribution in [0.4, 0.5) is 10.8 Å². The Morgan fingerprint density at radius 2 is 1.55 bits per heavy atom. The zero-order chi connectivity index (χ0) is 36.1. The first-order chi connectivity index (χ1) is 26.0. The molecule has 11 heteroatoms. The summed E-state index contributed by atoms with van der Waals surface area (Å²) in [6.07, 6.45) is -0.776. The van der Waals surface area contributed by atoms with Gasteiger partial charge in [-0.2, -0.15) is 0 Å². The maximum atomic E-state index is 15.2. The molecule has 3 N–H and O–H groups in total. The van der Waals surface area contributed by atoms with Gasteiger partial charge in [-0.05, 0) is 52.6 Å². The summed E-state index contributed by atoms with van der Waals surface area (Å²) in [5, 5.41) is 16.1. The van der Waals surface area contributed by atoms with Crippen molar-refractivity contribution < 1.29 is 29.0 Å². The maximum Gasteiger partial charge on any atom is 0.324 e. The Labute approximate surface area is 309 Å². The molecule has 10 nitrogen and oxygen atoms in total. The van der Waals surface area contributed by atoms with Crippen LogP contribution in [0, 0.1) is 5.92 Å². The third kappa shape index (κ3) is 5.30. The molecule has 0 saturated carbocycles. The molecule has 2 amide bonds. The van der Waals surface area contributed by atoms with E-state index in [4.69, 9.17) is 9.47 Å². The minimum atomic E-state index is -1.62. The highest BCUT2D eigenvalue weighted by Gasteiger charge is 2.74. The Morgan fingerprint density at radius 1 is 0.849 bits per heavy atom. The summed E-state index contributed by atoms with van der Waals surface area (Å²) in [6, 6.07) is 38.9. The van der Waals surface area contributed by atoms with E-state index in [0.29, 0.717) is 27.7 Å². The average Bonchev–Trinajstić information content (AvgIpc) is 3.84. The molecule has 1 spiro atoms. The molecule has 5 aromatic carbocycles. The number of para-hydroxylation sites is 2. The standard InChI is InChI=1S/C42H34N4O6S/c47-22-23-51-28-17-11-16-27(24-28)37-42(29-18-7-8-19-30(29)43-40(42)50)33(38(48)45-41-44-31-20-9-10-21-32(31)53-41)35-39(49)52-36(26-14-5-2-6-15-26)34(46(35)37)25-12-3-1-4-13-25/h1-21,24,33-37,47H,22-23H2,(H,43,50)(H,44,45,48)/t33-,34-,35-,36+,37+,42-/m0/s1. The number of amides is 2. The van der Waals surface area contributed by atoms with Crippen molar-refractivity contribution in [1.82, 2.24) is 9.88 Å². The summed E-state index contributed by atoms with van der Waals surface area (Å²) < 4.78 is 13.2. The van der Waals surface area contributed by atoms with Crippen LogP contribution in [0.5, 0.6) is 5.75 Å². The molecule has 53 heavy (non-hydrogen) atoms. The molecule has 0 unspecified atom stereocenters. The first-order valence-corrected chi connectivity index (χ1v) is 18.3. The fraction of sp³-hybridized carbons (Fsp3) is 0.190. The lowest BCUT2D eigenvalue weighted by atomic mass is 9.65. The number of fused-ring (bicyclic) bond motifs is 4. The highest BCUT2D eigenvalue weighted by atomic mass is 32.1. The second-order valence-corrected chi connectivity index (χ2v) is 14.4. The summed E-state index contributed by atoms with van der Waals surface area (Å²) in [5.74, 6) is -2.32. The van der Waals surface area contributed by atoms with Crippen LogP contribution in [0.2, 0.25) is 0 Å². The molecule has 1 aromatic heterocycles. The summed E-state index contributed by atoms with van der Waals surface area (Å²) >= 11 is 1.32. The molecule has 0 radical (unpaired) electrons. The number of carbonyl (C=O) groups is 3. The molecule has 264 valence electrons. The van der Waals surface area contributed by atoms with Gasteiger partial charge in [-0.15, -0.1) is 0 Å². The van der Waals surface area contributed by atoms with Gasteiger partial charge in [0.25, 0.3) is 0 Å². The van der Waals surface area contributed by atoms with Crippen LogP contribution in [-0.2, 0) is 24.5 Å². The second-order valence-electron chi connectivity index (χ2n) is 13.4. The van der Waals surface area contributed by atoms with Gasteiger partial charge in [0.1, 0.15) is 29.9 Å². The predicted octanol–water partition coefficient (Wildman–Crippen LogP) is 6.58. The number of rotatable bonds is 8. The van der Waals surface area contributed by atoms with Crippen molar-refractivity contribution in [1.29, 1.82) is 0 Å². The molecular formula is C42H34N4O6S. The summed E-state index contributed by atoms with van der Waals surface area (Å²) in [4.78, 5) is 51.8. The van der Waals surface area contributed by atoms with E-state index in [9.17, 15) is 9.90 Å². The van der Waals surface area contributed by atoms with Crippen LogP contribution in [-0.4, -0.2) is 52.0 Å². The van der Waals surface area contributed by atoms with Crippen molar-refractivity contribution >= 4 is 50.2 Å². The van der Waals surface area contributed by atoms with Gasteiger partial charge in [0.15, 0.2) is 5.13 Å². The lowest BCUT2D eigenvalue weighted by Crippen LogP contribution is -2.53. The van der Waals surface area contributed by atoms with Crippen molar-refractivity contribution in [2.45, 2.75) is 29.6 Å². The van der Waals surface area contributed by atoms with Gasteiger partial charge in [0.05, 0.1) is 34.8 Å². The number of thiazole rings is 1. The molecule has 6 atom stereocenters. The number of hydrogen-bond acceptors (Lipinski definition) is 9. The SMILES string of the molecule is O=C1O[C@H](c2ccccc2)[C@H](c2ccccc2)N2[C@H]1[C@@H](C(=O)Nc1nc3ccccc3s1)[C@]1(C(=O)Nc3ccccc31)[C@H]2c1cccc(OCCO)c1. The van der Waals surface area contributed by atoms with Crippen molar-refractivity contribution in [2.75, 3.05) is 23.8 Å². The van der Waals surface area contributed by atoms with Gasteiger partial charge in [-0.25, -0.2) is 4.98 Å². The first-order valence-electron chi connectivity index (χ1n) is 17.5. The number of nitrogens with zero attached hydrogens (tertiary/aromatic N) is 2. The zero-order valence-electron chi connectivity index (χ0n) is 28.3. The molecular weight excluding hydrogens is 689 g/mol. The number of anilines is 2. The Bertz CT molecular complexity index is 2320. The van der Waals surface area contributed by atoms with Gasteiger partial charge in [0, 0.05) is 5.69 Å². The Balaban J connectivity index is 1.31. The van der Waals surface area contributed by atoms with Gasteiger partial charge in [-0.3, -0.25) is 19.3 Å². The largest absolute Gasteiger partial charge is 0.491 e. The van der Waals surface area contributed by atoms with Gasteiger partial charge >= 0.3 is 5.97 Å². The Kier molecular flexibility index (Phi) is 8.26. The average molecular weight is 723 g/mol. The fourth-order valence-electron chi connectivity index (χ4n) is 8.60. The number of aliphatic hydroxyl groups is 1. The lowest BCUT2D eigenvalue weighted by Gasteiger charge is -2.46. The minimum absolute atomic E-state index is 0.0666. The first kappa shape index (κ1) is 33.0. The number of ether oxygens (including phenoxy) is 2. The number of aliphatic hydroxyl groups excluding tert-OH is 1. The maximum absolute atomic E-state index is 15.2. The van der Waals surface area contributed by atoms with Crippen LogP contribution < -0.4 is 15.4 Å². The number of hydrogen-bond donors (Lipinski definition) is 3. The molecule has 2 saturated heterocycles. The number of aromatic nitrogens is 1. The van der Waals surface area contributed by atoms with Crippen LogP contribution in [0.1, 0.15) is 40.4 Å². The van der Waals surface area contributed by atoms with Crippen molar-refractivity contribution in [2.24, 2.45) is 5.92 Å². The number of cyclic esters (lactones) is 1. The van der Waals surface area contributed by atoms with Crippen molar-refractivity contribution in [3.05, 3.63) is 156 Å². The minimum Gasteiger partial charge on any atom is -0.491 e. The predicted molar refractivity (Wildman–Crippen MR) is 200 cm³/mol. The number of benzene rings is 5. The van der Waals surface area contributed by atoms with E-state index < -0.39 is 53.3 Å². The molecule has 6 aromatic rings. The van der Waals surface area contributed by atoms with Gasteiger partial charge < -0.3 is 25.2 Å². The van der Waals surface area contributed by atoms with Crippen LogP contribution in [0.15, 0.2) is 133 Å². The lowest BCUT2D eigenvalue weighted by molar-refractivity contribution is -0.177. The monoisotopic (exact) mass is 722 g/mol. The molecule has 0 bridgehead atoms. The third-order valence-electron chi connectivity index (χ3n) is 10.6. The molecule has 9 rings (SSSR count). The molecule has 3 aliphatic heterocycles. The Morgan fingerprint density at radius 3 is 2.32 bits per heavy atom. The van der Waals surface area contributed by atoms with Crippen molar-refractivity contribution in [3.63, 3.8) is 0 Å². The highest BCUT2D eigenvalue weighted by Crippen LogP contribution is 2.65. The second kappa shape index (κ2) is 13.3. The van der Waals surface area contributed by atoms with E-state index in [1.54, 1.807) is 6.07 Å². The number of morpholine rings is 1. The summed E-state index contributed by atoms with van der Waals surface area (Å²) in [7, 11) is 0. The summed E-state index contributed by atoms with van der Waals surface area (Å²) in [5.41, 5.74) is 2.57. The van der Waals surface area contributed by atoms with E-state index in [1.165, 1.54) is 11.3 Å². The van der Waals surface area contributed by atoms with E-state index in [-0.39, 0.29) is 13.2 Å². The van der Waals surface area contributed by atoms with Crippen molar-refractivity contribution in [3.8, 4) is 5.75 Å². The van der Waals surface area contributed by atoms with E-state index in [0.717, 1.165) is 21.3 Å². The highest BCUT2D eigenvalue weighted by molar-refractivity contribution is 7.22. The Hall–Kier alpha value is -5.88. The van der Waals surface area contributed by atoms with Gasteiger partial charge in [0.2, 0.25) is 11.8 Å². The normalized spacial score (nSPS) is 24.7. The fourth-order valence-corrected chi connectivity index (χ4v) is 9.47. The number of nitrogens with one attached hydrogen (secondary N) is 2.